The summed E-state index contributed by atoms with van der Waals surface area (Å²) in [5.41, 5.74) is 7.88. The summed E-state index contributed by atoms with van der Waals surface area (Å²) in [6.45, 7) is 1.84. The van der Waals surface area contributed by atoms with Gasteiger partial charge in [-0.25, -0.2) is 13.2 Å². The molecular weight excluding hydrogens is 729 g/mol. The highest BCUT2D eigenvalue weighted by Crippen LogP contribution is 2.51. The minimum atomic E-state index is -0.969. The zero-order valence-corrected chi connectivity index (χ0v) is 30.0. The van der Waals surface area contributed by atoms with Gasteiger partial charge in [0.15, 0.2) is 11.6 Å². The molecule has 53 heavy (non-hydrogen) atoms. The molecule has 1 aliphatic carbocycles. The van der Waals surface area contributed by atoms with Gasteiger partial charge in [-0.3, -0.25) is 9.69 Å². The first-order valence-corrected chi connectivity index (χ1v) is 19.2. The van der Waals surface area contributed by atoms with Gasteiger partial charge in [0.25, 0.3) is 0 Å². The van der Waals surface area contributed by atoms with E-state index in [0.29, 0.717) is 38.2 Å². The van der Waals surface area contributed by atoms with Crippen LogP contribution in [-0.4, -0.2) is 83.5 Å². The van der Waals surface area contributed by atoms with Crippen molar-refractivity contribution in [2.75, 3.05) is 43.5 Å². The Morgan fingerprint density at radius 1 is 1.26 bits per heavy atom. The van der Waals surface area contributed by atoms with Crippen molar-refractivity contribution in [3.8, 4) is 29.0 Å². The molecule has 4 aromatic rings. The lowest BCUT2D eigenvalue weighted by molar-refractivity contribution is -0.121. The summed E-state index contributed by atoms with van der Waals surface area (Å²) in [6.07, 6.45) is 4.25. The number of nitriles is 1. The van der Waals surface area contributed by atoms with E-state index in [-0.39, 0.29) is 96.7 Å². The summed E-state index contributed by atoms with van der Waals surface area (Å²) in [5, 5.41) is 16.8. The molecule has 1 saturated carbocycles. The molecule has 11 nitrogen and oxygen atoms in total. The molecule has 2 aromatic heterocycles. The molecule has 5 aliphatic heterocycles. The minimum absolute atomic E-state index is 0.0176. The molecule has 1 amide bonds. The number of anilines is 2. The van der Waals surface area contributed by atoms with E-state index in [4.69, 9.17) is 31.8 Å². The summed E-state index contributed by atoms with van der Waals surface area (Å²) in [7, 11) is 0. The number of ether oxygens (including phenoxy) is 2. The van der Waals surface area contributed by atoms with Crippen molar-refractivity contribution in [3.63, 3.8) is 0 Å². The van der Waals surface area contributed by atoms with Gasteiger partial charge >= 0.3 is 6.01 Å². The number of rotatable bonds is 6. The lowest BCUT2D eigenvalue weighted by Gasteiger charge is -2.32. The average molecular weight is 763 g/mol. The Morgan fingerprint density at radius 3 is 2.92 bits per heavy atom. The number of thiophene rings is 1. The molecule has 7 heterocycles. The molecule has 2 unspecified atom stereocenters. The first-order valence-electron chi connectivity index (χ1n) is 18.0. The van der Waals surface area contributed by atoms with Gasteiger partial charge in [0.05, 0.1) is 32.8 Å². The molecule has 274 valence electrons. The fourth-order valence-electron chi connectivity index (χ4n) is 9.12. The number of carbonyl (C=O) groups excluding carboxylic acids is 1. The largest absolute Gasteiger partial charge is 0.491 e. The van der Waals surface area contributed by atoms with Crippen LogP contribution in [0.25, 0.3) is 32.1 Å². The van der Waals surface area contributed by atoms with Gasteiger partial charge in [0.1, 0.15) is 47.0 Å². The summed E-state index contributed by atoms with van der Waals surface area (Å²) >= 11 is 8.01. The van der Waals surface area contributed by atoms with Crippen LogP contribution in [0, 0.1) is 23.0 Å². The van der Waals surface area contributed by atoms with Crippen LogP contribution >= 0.6 is 22.9 Å². The van der Waals surface area contributed by atoms with Gasteiger partial charge in [0.2, 0.25) is 5.91 Å². The lowest BCUT2D eigenvalue weighted by Crippen LogP contribution is -2.43. The highest BCUT2D eigenvalue weighted by Gasteiger charge is 2.50. The highest BCUT2D eigenvalue weighted by atomic mass is 35.5. The van der Waals surface area contributed by atoms with E-state index in [1.165, 1.54) is 17.7 Å². The van der Waals surface area contributed by atoms with E-state index in [9.17, 15) is 14.4 Å². The average Bonchev–Trinajstić information content (AvgIpc) is 3.99. The second-order valence-corrected chi connectivity index (χ2v) is 16.4. The summed E-state index contributed by atoms with van der Waals surface area (Å²) in [5.74, 6) is -1.03. The molecule has 0 bridgehead atoms. The van der Waals surface area contributed by atoms with Crippen molar-refractivity contribution in [1.82, 2.24) is 25.5 Å². The van der Waals surface area contributed by atoms with Crippen LogP contribution in [0.2, 0.25) is 5.02 Å². The molecule has 0 radical (unpaired) electrons. The number of nitrogen functional groups attached to an aromatic ring is 1. The maximum atomic E-state index is 17.4. The molecule has 4 saturated heterocycles. The number of nitrogens with zero attached hydrogens (tertiary/aromatic N) is 5. The Balaban J connectivity index is 1.11. The standard InChI is InChI=1S/C37H34ClF3N8O3S/c38-26-24(20-4-5-22(40)32-23(20)21(12-42)33(43)53-32)27(41)29-25-31(26)51-9-6-19-10-18(44-35(50)30-28(45-30)16-2-3-16)14-49(19)34(25)47-36(46-29)52-15-37-7-1-8-48(37)13-17(39)11-37/h4-5,17-19,30,45H,1-3,6-11,13-15,43H2,(H,44,50)/t17-,18?,19?,30-,37+/m1/s1. The Hall–Kier alpha value is -4.52. The van der Waals surface area contributed by atoms with E-state index in [2.05, 4.69) is 20.5 Å². The molecule has 5 fully saturated rings. The SMILES string of the molecule is N#Cc1c(N)sc2c(F)ccc(-c3c(Cl)c4c5c(nc(OC[C@@]67CCCN6C[C@H](F)C7)nc5c3F)N3CC(NC(=O)[C@@H]5NC5=C5CC5)CC3CCO4)c12. The van der Waals surface area contributed by atoms with Gasteiger partial charge in [0, 0.05) is 54.7 Å². The molecule has 16 heteroatoms. The number of benzene rings is 2. The molecule has 4 N–H and O–H groups in total. The van der Waals surface area contributed by atoms with Crippen molar-refractivity contribution in [1.29, 1.82) is 5.26 Å². The fourth-order valence-corrected chi connectivity index (χ4v) is 10.4. The summed E-state index contributed by atoms with van der Waals surface area (Å²) in [6, 6.07) is 3.87. The highest BCUT2D eigenvalue weighted by molar-refractivity contribution is 7.23. The van der Waals surface area contributed by atoms with Crippen LogP contribution in [0.5, 0.6) is 11.8 Å². The number of nitrogens with two attached hydrogens (primary N) is 1. The Labute approximate surface area is 310 Å². The molecule has 0 spiro atoms. The van der Waals surface area contributed by atoms with E-state index in [1.54, 1.807) is 0 Å². The van der Waals surface area contributed by atoms with Gasteiger partial charge in [-0.1, -0.05) is 17.7 Å². The van der Waals surface area contributed by atoms with Gasteiger partial charge in [-0.15, -0.1) is 11.3 Å². The monoisotopic (exact) mass is 762 g/mol. The first kappa shape index (κ1) is 33.1. The first-order chi connectivity index (χ1) is 25.6. The third-order valence-electron chi connectivity index (χ3n) is 11.8. The van der Waals surface area contributed by atoms with Crippen LogP contribution in [0.1, 0.15) is 50.5 Å². The Morgan fingerprint density at radius 2 is 2.11 bits per heavy atom. The van der Waals surface area contributed by atoms with E-state index >= 15 is 8.78 Å². The van der Waals surface area contributed by atoms with E-state index in [0.717, 1.165) is 49.3 Å². The topological polar surface area (TPSA) is 152 Å². The normalized spacial score (nSPS) is 27.2. The summed E-state index contributed by atoms with van der Waals surface area (Å²) in [4.78, 5) is 26.9. The van der Waals surface area contributed by atoms with Crippen LogP contribution < -0.4 is 30.7 Å². The van der Waals surface area contributed by atoms with Crippen molar-refractivity contribution in [2.45, 2.75) is 74.8 Å². The smallest absolute Gasteiger partial charge is 0.319 e. The predicted molar refractivity (Wildman–Crippen MR) is 194 cm³/mol. The number of aromatic nitrogens is 2. The quantitative estimate of drug-likeness (QED) is 0.208. The zero-order valence-electron chi connectivity index (χ0n) is 28.4. The van der Waals surface area contributed by atoms with Crippen molar-refractivity contribution >= 4 is 60.7 Å². The lowest BCUT2D eigenvalue weighted by atomic mass is 9.95. The van der Waals surface area contributed by atoms with Crippen LogP contribution in [0.4, 0.5) is 24.0 Å². The predicted octanol–water partition coefficient (Wildman–Crippen LogP) is 5.72. The maximum absolute atomic E-state index is 17.4. The number of fused-ring (bicyclic) bond motifs is 4. The number of allylic oxidation sites excluding steroid dienone is 1. The van der Waals surface area contributed by atoms with Gasteiger partial charge in [-0.2, -0.15) is 15.2 Å². The Kier molecular flexibility index (Phi) is 7.49. The third kappa shape index (κ3) is 5.20. The maximum Gasteiger partial charge on any atom is 0.319 e. The summed E-state index contributed by atoms with van der Waals surface area (Å²) < 4.78 is 59.9. The number of carbonyl (C=O) groups is 1. The minimum Gasteiger partial charge on any atom is -0.491 e. The number of hydrogen-bond acceptors (Lipinski definition) is 11. The van der Waals surface area contributed by atoms with Crippen LogP contribution in [0.15, 0.2) is 23.4 Å². The second kappa shape index (κ2) is 12.0. The molecule has 10 rings (SSSR count). The number of alkyl halides is 1. The molecule has 5 atom stereocenters. The molecule has 6 aliphatic rings. The third-order valence-corrected chi connectivity index (χ3v) is 13.1. The van der Waals surface area contributed by atoms with Crippen molar-refractivity contribution < 1.29 is 27.4 Å². The molecule has 2 aromatic carbocycles. The number of halogens is 4. The van der Waals surface area contributed by atoms with Crippen molar-refractivity contribution in [2.24, 2.45) is 0 Å². The van der Waals surface area contributed by atoms with E-state index < -0.39 is 23.3 Å². The molecular formula is C37H34ClF3N8O3S. The van der Waals surface area contributed by atoms with E-state index in [1.807, 2.05) is 11.0 Å². The Bertz CT molecular complexity index is 2340. The number of nitrogens with one attached hydrogen (secondary N) is 2. The number of amides is 1. The van der Waals surface area contributed by atoms with Gasteiger partial charge < -0.3 is 30.7 Å². The van der Waals surface area contributed by atoms with Crippen molar-refractivity contribution in [3.05, 3.63) is 45.6 Å². The second-order valence-electron chi connectivity index (χ2n) is 15.0. The van der Waals surface area contributed by atoms with Crippen LogP contribution in [-0.2, 0) is 4.79 Å². The zero-order chi connectivity index (χ0) is 36.3. The number of hydrogen-bond donors (Lipinski definition) is 3. The fraction of sp³-hybridized carbons (Fsp3) is 0.459. The van der Waals surface area contributed by atoms with Gasteiger partial charge in [-0.05, 0) is 55.9 Å². The van der Waals surface area contributed by atoms with Crippen LogP contribution in [0.3, 0.4) is 0 Å².